The van der Waals surface area contributed by atoms with Gasteiger partial charge in [0.15, 0.2) is 0 Å². The second-order valence-electron chi connectivity index (χ2n) is 5.57. The number of benzene rings is 1. The lowest BCUT2D eigenvalue weighted by atomic mass is 9.83. The lowest BCUT2D eigenvalue weighted by molar-refractivity contribution is 0.0697. The Bertz CT molecular complexity index is 627. The maximum absolute atomic E-state index is 11.0. The number of carboxylic acid groups (broad SMARTS) is 1. The minimum absolute atomic E-state index is 0.0116. The summed E-state index contributed by atoms with van der Waals surface area (Å²) >= 11 is 0. The standard InChI is InChI=1S/C14H17N3O2/c1-14(7-3-2-4-8-14)17-12-6-5-10(13(18)19)9-11(12)15-16-17/h5-6,9H,2-4,7-8H2,1H3,(H,18,19). The van der Waals surface area contributed by atoms with Crippen LogP contribution in [0.5, 0.6) is 0 Å². The van der Waals surface area contributed by atoms with Crippen LogP contribution in [0.3, 0.4) is 0 Å². The molecule has 1 aliphatic carbocycles. The summed E-state index contributed by atoms with van der Waals surface area (Å²) in [6, 6.07) is 5.03. The van der Waals surface area contributed by atoms with Gasteiger partial charge in [0.1, 0.15) is 5.52 Å². The molecule has 100 valence electrons. The smallest absolute Gasteiger partial charge is 0.335 e. The third-order valence-electron chi connectivity index (χ3n) is 4.13. The molecule has 0 aliphatic heterocycles. The Morgan fingerprint density at radius 2 is 2.05 bits per heavy atom. The summed E-state index contributed by atoms with van der Waals surface area (Å²) in [5.74, 6) is -0.930. The van der Waals surface area contributed by atoms with Gasteiger partial charge in [0.05, 0.1) is 16.6 Å². The van der Waals surface area contributed by atoms with E-state index in [0.29, 0.717) is 5.52 Å². The number of hydrogen-bond donors (Lipinski definition) is 1. The SMILES string of the molecule is CC1(n2nnc3cc(C(=O)O)ccc32)CCCCC1. The molecule has 0 spiro atoms. The summed E-state index contributed by atoms with van der Waals surface area (Å²) < 4.78 is 1.98. The monoisotopic (exact) mass is 259 g/mol. The number of carbonyl (C=O) groups is 1. The molecule has 1 N–H and O–H groups in total. The number of rotatable bonds is 2. The molecule has 19 heavy (non-hydrogen) atoms. The van der Waals surface area contributed by atoms with Crippen molar-refractivity contribution in [2.24, 2.45) is 0 Å². The van der Waals surface area contributed by atoms with Crippen molar-refractivity contribution >= 4 is 17.0 Å². The van der Waals surface area contributed by atoms with Crippen LogP contribution in [0, 0.1) is 0 Å². The first kappa shape index (κ1) is 12.1. The predicted molar refractivity (Wildman–Crippen MR) is 71.2 cm³/mol. The maximum atomic E-state index is 11.0. The van der Waals surface area contributed by atoms with Gasteiger partial charge in [0.2, 0.25) is 0 Å². The van der Waals surface area contributed by atoms with E-state index in [1.165, 1.54) is 19.3 Å². The van der Waals surface area contributed by atoms with Gasteiger partial charge in [-0.2, -0.15) is 0 Å². The number of aromatic carboxylic acids is 1. The van der Waals surface area contributed by atoms with Gasteiger partial charge in [-0.15, -0.1) is 5.10 Å². The minimum Gasteiger partial charge on any atom is -0.478 e. The first-order valence-electron chi connectivity index (χ1n) is 6.69. The van der Waals surface area contributed by atoms with Crippen molar-refractivity contribution in [1.29, 1.82) is 0 Å². The zero-order valence-corrected chi connectivity index (χ0v) is 11.0. The van der Waals surface area contributed by atoms with E-state index in [1.54, 1.807) is 12.1 Å². The van der Waals surface area contributed by atoms with Gasteiger partial charge in [0.25, 0.3) is 0 Å². The Labute approximate surface area is 111 Å². The number of fused-ring (bicyclic) bond motifs is 1. The predicted octanol–water partition coefficient (Wildman–Crippen LogP) is 2.81. The molecule has 5 heteroatoms. The first-order valence-corrected chi connectivity index (χ1v) is 6.69. The summed E-state index contributed by atoms with van der Waals surface area (Å²) in [4.78, 5) is 11.0. The molecule has 0 radical (unpaired) electrons. The van der Waals surface area contributed by atoms with E-state index < -0.39 is 5.97 Å². The van der Waals surface area contributed by atoms with Gasteiger partial charge in [0, 0.05) is 0 Å². The van der Waals surface area contributed by atoms with Gasteiger partial charge in [-0.05, 0) is 38.0 Å². The normalized spacial score (nSPS) is 18.6. The van der Waals surface area contributed by atoms with Crippen LogP contribution in [0.25, 0.3) is 11.0 Å². The Morgan fingerprint density at radius 3 is 2.74 bits per heavy atom. The summed E-state index contributed by atoms with van der Waals surface area (Å²) in [6.45, 7) is 2.21. The molecule has 3 rings (SSSR count). The number of carboxylic acids is 1. The van der Waals surface area contributed by atoms with Gasteiger partial charge in [-0.25, -0.2) is 9.48 Å². The summed E-state index contributed by atoms with van der Waals surface area (Å²) in [5.41, 5.74) is 1.85. The lowest BCUT2D eigenvalue weighted by Gasteiger charge is -2.33. The molecule has 1 aromatic heterocycles. The highest BCUT2D eigenvalue weighted by Gasteiger charge is 2.31. The summed E-state index contributed by atoms with van der Waals surface area (Å²) in [5, 5.41) is 17.4. The summed E-state index contributed by atoms with van der Waals surface area (Å²) in [6.07, 6.45) is 5.92. The fraction of sp³-hybridized carbons (Fsp3) is 0.500. The third kappa shape index (κ3) is 1.99. The van der Waals surface area contributed by atoms with E-state index in [4.69, 9.17) is 5.11 Å². The van der Waals surface area contributed by atoms with E-state index >= 15 is 0 Å². The van der Waals surface area contributed by atoms with Crippen LogP contribution in [0.15, 0.2) is 18.2 Å². The third-order valence-corrected chi connectivity index (χ3v) is 4.13. The van der Waals surface area contributed by atoms with Crippen LogP contribution < -0.4 is 0 Å². The van der Waals surface area contributed by atoms with E-state index in [0.717, 1.165) is 18.4 Å². The Hall–Kier alpha value is -1.91. The van der Waals surface area contributed by atoms with Crippen LogP contribution in [-0.4, -0.2) is 26.1 Å². The fourth-order valence-corrected chi connectivity index (χ4v) is 2.98. The molecule has 0 amide bonds. The van der Waals surface area contributed by atoms with Gasteiger partial charge >= 0.3 is 5.97 Å². The molecule has 0 saturated heterocycles. The van der Waals surface area contributed by atoms with Crippen LogP contribution in [0.1, 0.15) is 49.4 Å². The summed E-state index contributed by atoms with van der Waals surface area (Å²) in [7, 11) is 0. The second kappa shape index (κ2) is 4.33. The topological polar surface area (TPSA) is 68.0 Å². The van der Waals surface area contributed by atoms with Gasteiger partial charge in [-0.3, -0.25) is 0 Å². The van der Waals surface area contributed by atoms with Crippen LogP contribution in [0.4, 0.5) is 0 Å². The Balaban J connectivity index is 2.08. The Morgan fingerprint density at radius 1 is 1.32 bits per heavy atom. The van der Waals surface area contributed by atoms with Gasteiger partial charge < -0.3 is 5.11 Å². The average molecular weight is 259 g/mol. The molecule has 0 atom stereocenters. The van der Waals surface area contributed by atoms with Crippen molar-refractivity contribution < 1.29 is 9.90 Å². The first-order chi connectivity index (χ1) is 9.10. The zero-order chi connectivity index (χ0) is 13.5. The van der Waals surface area contributed by atoms with Crippen molar-refractivity contribution in [2.45, 2.75) is 44.6 Å². The van der Waals surface area contributed by atoms with Crippen molar-refractivity contribution in [1.82, 2.24) is 15.0 Å². The molecular weight excluding hydrogens is 242 g/mol. The van der Waals surface area contributed by atoms with Crippen LogP contribution >= 0.6 is 0 Å². The number of aromatic nitrogens is 3. The quantitative estimate of drug-likeness (QED) is 0.900. The molecule has 1 fully saturated rings. The van der Waals surface area contributed by atoms with Crippen molar-refractivity contribution in [2.75, 3.05) is 0 Å². The van der Waals surface area contributed by atoms with E-state index in [2.05, 4.69) is 17.2 Å². The molecule has 5 nitrogen and oxygen atoms in total. The fourth-order valence-electron chi connectivity index (χ4n) is 2.98. The van der Waals surface area contributed by atoms with Gasteiger partial charge in [-0.1, -0.05) is 24.5 Å². The highest BCUT2D eigenvalue weighted by molar-refractivity contribution is 5.92. The van der Waals surface area contributed by atoms with Crippen LogP contribution in [-0.2, 0) is 5.54 Å². The van der Waals surface area contributed by atoms with Crippen molar-refractivity contribution in [3.05, 3.63) is 23.8 Å². The second-order valence-corrected chi connectivity index (χ2v) is 5.57. The van der Waals surface area contributed by atoms with E-state index in [1.807, 2.05) is 10.7 Å². The van der Waals surface area contributed by atoms with Crippen LogP contribution in [0.2, 0.25) is 0 Å². The molecule has 1 aliphatic rings. The number of nitrogens with zero attached hydrogens (tertiary/aromatic N) is 3. The molecule has 2 aromatic rings. The maximum Gasteiger partial charge on any atom is 0.335 e. The molecule has 0 bridgehead atoms. The van der Waals surface area contributed by atoms with E-state index in [9.17, 15) is 4.79 Å². The Kier molecular flexibility index (Phi) is 2.77. The zero-order valence-electron chi connectivity index (χ0n) is 11.0. The van der Waals surface area contributed by atoms with E-state index in [-0.39, 0.29) is 11.1 Å². The van der Waals surface area contributed by atoms with Crippen molar-refractivity contribution in [3.8, 4) is 0 Å². The highest BCUT2D eigenvalue weighted by atomic mass is 16.4. The molecule has 1 saturated carbocycles. The largest absolute Gasteiger partial charge is 0.478 e. The average Bonchev–Trinajstić information content (AvgIpc) is 2.83. The molecular formula is C14H17N3O2. The molecule has 1 aromatic carbocycles. The highest BCUT2D eigenvalue weighted by Crippen LogP contribution is 2.35. The number of hydrogen-bond acceptors (Lipinski definition) is 3. The van der Waals surface area contributed by atoms with Crippen molar-refractivity contribution in [3.63, 3.8) is 0 Å². The lowest BCUT2D eigenvalue weighted by Crippen LogP contribution is -2.33. The molecule has 1 heterocycles. The molecule has 0 unspecified atom stereocenters. The minimum atomic E-state index is -0.930.